The second-order valence-electron chi connectivity index (χ2n) is 4.07. The molecule has 1 saturated heterocycles. The number of thiocarbonyl (C=S) groups is 1. The Labute approximate surface area is 106 Å². The van der Waals surface area contributed by atoms with Crippen molar-refractivity contribution in [2.45, 2.75) is 6.92 Å². The van der Waals surface area contributed by atoms with E-state index in [0.717, 1.165) is 12.2 Å². The first-order valence-electron chi connectivity index (χ1n) is 5.54. The molecule has 2 rings (SSSR count). The zero-order chi connectivity index (χ0) is 12.3. The predicted molar refractivity (Wildman–Crippen MR) is 72.0 cm³/mol. The number of hydrogen-bond acceptors (Lipinski definition) is 2. The van der Waals surface area contributed by atoms with Gasteiger partial charge in [0.1, 0.15) is 0 Å². The van der Waals surface area contributed by atoms with Gasteiger partial charge >= 0.3 is 0 Å². The molecular formula is C12H15N3OS. The van der Waals surface area contributed by atoms with Crippen LogP contribution in [-0.4, -0.2) is 35.6 Å². The summed E-state index contributed by atoms with van der Waals surface area (Å²) in [6, 6.07) is 7.99. The molecule has 0 bridgehead atoms. The average molecular weight is 249 g/mol. The lowest BCUT2D eigenvalue weighted by molar-refractivity contribution is -0.122. The van der Waals surface area contributed by atoms with Crippen LogP contribution in [0.1, 0.15) is 5.56 Å². The molecule has 17 heavy (non-hydrogen) atoms. The molecule has 1 fully saturated rings. The van der Waals surface area contributed by atoms with Gasteiger partial charge in [-0.3, -0.25) is 4.79 Å². The molecule has 0 saturated carbocycles. The molecule has 1 aliphatic rings. The van der Waals surface area contributed by atoms with E-state index in [-0.39, 0.29) is 5.91 Å². The fourth-order valence-electron chi connectivity index (χ4n) is 1.74. The van der Waals surface area contributed by atoms with E-state index < -0.39 is 0 Å². The van der Waals surface area contributed by atoms with Crippen molar-refractivity contribution in [2.75, 3.05) is 25.0 Å². The lowest BCUT2D eigenvalue weighted by Gasteiger charge is -2.29. The third kappa shape index (κ3) is 3.17. The molecule has 2 N–H and O–H groups in total. The second kappa shape index (κ2) is 5.14. The minimum atomic E-state index is 0.0182. The van der Waals surface area contributed by atoms with Crippen molar-refractivity contribution in [3.05, 3.63) is 29.8 Å². The van der Waals surface area contributed by atoms with E-state index in [2.05, 4.69) is 10.6 Å². The van der Waals surface area contributed by atoms with Crippen molar-refractivity contribution in [2.24, 2.45) is 0 Å². The van der Waals surface area contributed by atoms with Crippen LogP contribution < -0.4 is 10.6 Å². The maximum Gasteiger partial charge on any atom is 0.239 e. The number of nitrogens with zero attached hydrogens (tertiary/aromatic N) is 1. The highest BCUT2D eigenvalue weighted by Gasteiger charge is 2.18. The van der Waals surface area contributed by atoms with Gasteiger partial charge in [-0.2, -0.15) is 0 Å². The summed E-state index contributed by atoms with van der Waals surface area (Å²) in [5.41, 5.74) is 2.13. The topological polar surface area (TPSA) is 44.4 Å². The number of anilines is 1. The van der Waals surface area contributed by atoms with Gasteiger partial charge in [0.2, 0.25) is 5.91 Å². The van der Waals surface area contributed by atoms with Gasteiger partial charge < -0.3 is 15.5 Å². The molecule has 4 nitrogen and oxygen atoms in total. The number of carbonyl (C=O) groups is 1. The number of amides is 1. The number of nitrogens with one attached hydrogen (secondary N) is 2. The molecule has 90 valence electrons. The molecule has 1 aromatic carbocycles. The fraction of sp³-hybridized carbons (Fsp3) is 0.333. The minimum absolute atomic E-state index is 0.0182. The number of benzene rings is 1. The van der Waals surface area contributed by atoms with Crippen molar-refractivity contribution in [3.8, 4) is 0 Å². The van der Waals surface area contributed by atoms with Crippen molar-refractivity contribution in [3.63, 3.8) is 0 Å². The van der Waals surface area contributed by atoms with E-state index in [1.54, 1.807) is 0 Å². The summed E-state index contributed by atoms with van der Waals surface area (Å²) < 4.78 is 0. The monoisotopic (exact) mass is 249 g/mol. The third-order valence-corrected chi connectivity index (χ3v) is 2.96. The molecule has 0 aliphatic carbocycles. The van der Waals surface area contributed by atoms with Gasteiger partial charge in [0.15, 0.2) is 5.11 Å². The van der Waals surface area contributed by atoms with Gasteiger partial charge in [-0.15, -0.1) is 0 Å². The van der Waals surface area contributed by atoms with Crippen LogP contribution in [0, 0.1) is 6.92 Å². The van der Waals surface area contributed by atoms with E-state index in [0.29, 0.717) is 18.2 Å². The Morgan fingerprint density at radius 2 is 2.35 bits per heavy atom. The first-order valence-corrected chi connectivity index (χ1v) is 5.95. The van der Waals surface area contributed by atoms with Gasteiger partial charge in [-0.25, -0.2) is 0 Å². The molecule has 1 amide bonds. The van der Waals surface area contributed by atoms with E-state index in [1.807, 2.05) is 36.1 Å². The van der Waals surface area contributed by atoms with Crippen LogP contribution in [0.25, 0.3) is 0 Å². The highest BCUT2D eigenvalue weighted by Crippen LogP contribution is 2.10. The van der Waals surface area contributed by atoms with E-state index in [4.69, 9.17) is 12.2 Å². The Kier molecular flexibility index (Phi) is 3.58. The number of rotatable bonds is 1. The van der Waals surface area contributed by atoms with Crippen molar-refractivity contribution in [1.82, 2.24) is 10.2 Å². The van der Waals surface area contributed by atoms with Crippen molar-refractivity contribution >= 4 is 28.9 Å². The summed E-state index contributed by atoms with van der Waals surface area (Å²) in [6.45, 7) is 3.76. The Morgan fingerprint density at radius 3 is 3.06 bits per heavy atom. The van der Waals surface area contributed by atoms with Crippen molar-refractivity contribution < 1.29 is 4.79 Å². The molecule has 1 heterocycles. The van der Waals surface area contributed by atoms with Crippen LogP contribution in [0.5, 0.6) is 0 Å². The maximum absolute atomic E-state index is 11.2. The largest absolute Gasteiger partial charge is 0.353 e. The van der Waals surface area contributed by atoms with Crippen LogP contribution in [0.4, 0.5) is 5.69 Å². The second-order valence-corrected chi connectivity index (χ2v) is 4.46. The fourth-order valence-corrected chi connectivity index (χ4v) is 2.01. The van der Waals surface area contributed by atoms with Gasteiger partial charge in [0.25, 0.3) is 0 Å². The lowest BCUT2D eigenvalue weighted by Crippen LogP contribution is -2.51. The Morgan fingerprint density at radius 1 is 1.53 bits per heavy atom. The Bertz CT molecular complexity index is 447. The Hall–Kier alpha value is -1.62. The quantitative estimate of drug-likeness (QED) is 0.732. The summed E-state index contributed by atoms with van der Waals surface area (Å²) >= 11 is 5.29. The molecular weight excluding hydrogens is 234 g/mol. The normalized spacial score (nSPS) is 15.4. The molecule has 0 aromatic heterocycles. The first-order chi connectivity index (χ1) is 8.15. The Balaban J connectivity index is 1.99. The van der Waals surface area contributed by atoms with Crippen LogP contribution in [0.2, 0.25) is 0 Å². The van der Waals surface area contributed by atoms with Crippen LogP contribution in [0.3, 0.4) is 0 Å². The first kappa shape index (κ1) is 11.9. The van der Waals surface area contributed by atoms with Crippen molar-refractivity contribution in [1.29, 1.82) is 0 Å². The number of carbonyl (C=O) groups excluding carboxylic acids is 1. The van der Waals surface area contributed by atoms with E-state index in [9.17, 15) is 4.79 Å². The third-order valence-electron chi connectivity index (χ3n) is 2.59. The van der Waals surface area contributed by atoms with Crippen LogP contribution in [0.15, 0.2) is 24.3 Å². The molecule has 0 radical (unpaired) electrons. The van der Waals surface area contributed by atoms with Gasteiger partial charge in [0, 0.05) is 18.8 Å². The standard InChI is InChI=1S/C12H15N3OS/c1-9-3-2-4-10(7-9)14-12(17)15-6-5-13-11(16)8-15/h2-4,7H,5-6,8H2,1H3,(H,13,16)(H,14,17). The summed E-state index contributed by atoms with van der Waals surface area (Å²) in [4.78, 5) is 13.1. The molecule has 1 aliphatic heterocycles. The number of hydrogen-bond donors (Lipinski definition) is 2. The summed E-state index contributed by atoms with van der Waals surface area (Å²) in [6.07, 6.45) is 0. The lowest BCUT2D eigenvalue weighted by atomic mass is 10.2. The zero-order valence-electron chi connectivity index (χ0n) is 9.69. The van der Waals surface area contributed by atoms with Gasteiger partial charge in [-0.1, -0.05) is 12.1 Å². The van der Waals surface area contributed by atoms with E-state index in [1.165, 1.54) is 5.56 Å². The molecule has 0 atom stereocenters. The SMILES string of the molecule is Cc1cccc(NC(=S)N2CCNC(=O)C2)c1. The maximum atomic E-state index is 11.2. The summed E-state index contributed by atoms with van der Waals surface area (Å²) in [7, 11) is 0. The minimum Gasteiger partial charge on any atom is -0.353 e. The summed E-state index contributed by atoms with van der Waals surface area (Å²) in [5, 5.41) is 6.52. The molecule has 1 aromatic rings. The van der Waals surface area contributed by atoms with E-state index >= 15 is 0 Å². The smallest absolute Gasteiger partial charge is 0.239 e. The predicted octanol–water partition coefficient (Wildman–Crippen LogP) is 1.12. The van der Waals surface area contributed by atoms with Crippen LogP contribution in [-0.2, 0) is 4.79 Å². The highest BCUT2D eigenvalue weighted by atomic mass is 32.1. The number of aryl methyl sites for hydroxylation is 1. The number of piperazine rings is 1. The van der Waals surface area contributed by atoms with Gasteiger partial charge in [-0.05, 0) is 36.8 Å². The molecule has 0 spiro atoms. The molecule has 0 unspecified atom stereocenters. The highest BCUT2D eigenvalue weighted by molar-refractivity contribution is 7.80. The molecule has 5 heteroatoms. The van der Waals surface area contributed by atoms with Crippen LogP contribution >= 0.6 is 12.2 Å². The zero-order valence-corrected chi connectivity index (χ0v) is 10.5. The van der Waals surface area contributed by atoms with Gasteiger partial charge in [0.05, 0.1) is 6.54 Å². The summed E-state index contributed by atoms with van der Waals surface area (Å²) in [5.74, 6) is 0.0182. The average Bonchev–Trinajstić information content (AvgIpc) is 2.29.